The molecule has 0 saturated heterocycles. The van der Waals surface area contributed by atoms with Crippen molar-refractivity contribution in [2.45, 2.75) is 0 Å². The van der Waals surface area contributed by atoms with Crippen LogP contribution in [0.5, 0.6) is 5.75 Å². The number of amides is 1. The third-order valence-corrected chi connectivity index (χ3v) is 4.54. The molecule has 0 atom stereocenters. The van der Waals surface area contributed by atoms with E-state index in [4.69, 9.17) is 20.9 Å². The molecule has 0 spiro atoms. The maximum absolute atomic E-state index is 12.8. The molecule has 4 aromatic rings. The standard InChI is InChI=1S/C22H16ClN3O3/c1-28-19-9-5-3-7-17(19)21(27)24-18-8-4-2-6-16(18)22-25-20(26-29-22)14-10-12-15(23)13-11-14/h2-13H,1H3,(H,24,27). The fraction of sp³-hybridized carbons (Fsp3) is 0.0455. The smallest absolute Gasteiger partial charge is 0.260 e. The first-order valence-corrected chi connectivity index (χ1v) is 9.17. The van der Waals surface area contributed by atoms with Gasteiger partial charge in [0.2, 0.25) is 5.82 Å². The summed E-state index contributed by atoms with van der Waals surface area (Å²) in [4.78, 5) is 17.2. The van der Waals surface area contributed by atoms with Crippen LogP contribution in [-0.4, -0.2) is 23.2 Å². The minimum Gasteiger partial charge on any atom is -0.496 e. The highest BCUT2D eigenvalue weighted by Crippen LogP contribution is 2.30. The fourth-order valence-corrected chi connectivity index (χ4v) is 2.98. The summed E-state index contributed by atoms with van der Waals surface area (Å²) in [5.41, 5.74) is 2.37. The molecule has 0 aliphatic rings. The van der Waals surface area contributed by atoms with Gasteiger partial charge in [-0.05, 0) is 48.5 Å². The van der Waals surface area contributed by atoms with Gasteiger partial charge in [0.25, 0.3) is 11.8 Å². The number of hydrogen-bond acceptors (Lipinski definition) is 5. The van der Waals surface area contributed by atoms with Crippen LogP contribution in [0.2, 0.25) is 5.02 Å². The molecule has 144 valence electrons. The molecule has 6 nitrogen and oxygen atoms in total. The van der Waals surface area contributed by atoms with Crippen molar-refractivity contribution in [2.24, 2.45) is 0 Å². The van der Waals surface area contributed by atoms with Crippen molar-refractivity contribution in [3.8, 4) is 28.6 Å². The molecular formula is C22H16ClN3O3. The largest absolute Gasteiger partial charge is 0.496 e. The first kappa shape index (κ1) is 18.7. The predicted molar refractivity (Wildman–Crippen MR) is 111 cm³/mol. The Morgan fingerprint density at radius 2 is 1.72 bits per heavy atom. The van der Waals surface area contributed by atoms with Crippen molar-refractivity contribution < 1.29 is 14.1 Å². The molecule has 1 aromatic heterocycles. The maximum atomic E-state index is 12.8. The van der Waals surface area contributed by atoms with E-state index in [1.165, 1.54) is 7.11 Å². The number of ether oxygens (including phenoxy) is 1. The molecule has 0 unspecified atom stereocenters. The molecule has 1 N–H and O–H groups in total. The second-order valence-corrected chi connectivity index (χ2v) is 6.57. The zero-order valence-electron chi connectivity index (χ0n) is 15.4. The molecule has 0 fully saturated rings. The Hall–Kier alpha value is -3.64. The van der Waals surface area contributed by atoms with Gasteiger partial charge < -0.3 is 14.6 Å². The topological polar surface area (TPSA) is 77.2 Å². The molecule has 0 saturated carbocycles. The number of carbonyl (C=O) groups excluding carboxylic acids is 1. The van der Waals surface area contributed by atoms with E-state index in [0.29, 0.717) is 39.3 Å². The second kappa shape index (κ2) is 8.16. The summed E-state index contributed by atoms with van der Waals surface area (Å²) in [5.74, 6) is 0.922. The average Bonchev–Trinajstić information content (AvgIpc) is 3.24. The van der Waals surface area contributed by atoms with Crippen LogP contribution in [0.4, 0.5) is 5.69 Å². The van der Waals surface area contributed by atoms with Crippen molar-refractivity contribution in [1.29, 1.82) is 0 Å². The first-order chi connectivity index (χ1) is 14.2. The fourth-order valence-electron chi connectivity index (χ4n) is 2.85. The first-order valence-electron chi connectivity index (χ1n) is 8.79. The summed E-state index contributed by atoms with van der Waals surface area (Å²) in [6, 6.07) is 21.4. The molecule has 7 heteroatoms. The van der Waals surface area contributed by atoms with Gasteiger partial charge in [-0.1, -0.05) is 41.0 Å². The molecule has 0 radical (unpaired) electrons. The van der Waals surface area contributed by atoms with Crippen LogP contribution in [-0.2, 0) is 0 Å². The van der Waals surface area contributed by atoms with Gasteiger partial charge in [-0.15, -0.1) is 0 Å². The van der Waals surface area contributed by atoms with Crippen LogP contribution in [0.3, 0.4) is 0 Å². The maximum Gasteiger partial charge on any atom is 0.260 e. The lowest BCUT2D eigenvalue weighted by atomic mass is 10.1. The van der Waals surface area contributed by atoms with E-state index in [9.17, 15) is 4.79 Å². The van der Waals surface area contributed by atoms with Gasteiger partial charge in [0, 0.05) is 10.6 Å². The van der Waals surface area contributed by atoms with Gasteiger partial charge in [-0.3, -0.25) is 4.79 Å². The van der Waals surface area contributed by atoms with E-state index in [1.807, 2.05) is 24.3 Å². The number of anilines is 1. The zero-order valence-corrected chi connectivity index (χ0v) is 16.2. The van der Waals surface area contributed by atoms with E-state index < -0.39 is 0 Å². The Bertz CT molecular complexity index is 1160. The van der Waals surface area contributed by atoms with Gasteiger partial charge >= 0.3 is 0 Å². The zero-order chi connectivity index (χ0) is 20.2. The number of nitrogens with zero attached hydrogens (tertiary/aromatic N) is 2. The van der Waals surface area contributed by atoms with Gasteiger partial charge in [0.05, 0.1) is 23.9 Å². The summed E-state index contributed by atoms with van der Waals surface area (Å²) < 4.78 is 10.7. The van der Waals surface area contributed by atoms with Crippen LogP contribution in [0.15, 0.2) is 77.3 Å². The van der Waals surface area contributed by atoms with Crippen LogP contribution in [0.1, 0.15) is 10.4 Å². The van der Waals surface area contributed by atoms with Crippen molar-refractivity contribution in [3.63, 3.8) is 0 Å². The minimum absolute atomic E-state index is 0.297. The Balaban J connectivity index is 1.64. The van der Waals surface area contributed by atoms with Gasteiger partial charge in [-0.2, -0.15) is 4.98 Å². The summed E-state index contributed by atoms with van der Waals surface area (Å²) in [5, 5.41) is 7.56. The Morgan fingerprint density at radius 1 is 1.00 bits per heavy atom. The van der Waals surface area contributed by atoms with E-state index in [-0.39, 0.29) is 5.91 Å². The van der Waals surface area contributed by atoms with Gasteiger partial charge in [0.15, 0.2) is 0 Å². The lowest BCUT2D eigenvalue weighted by Crippen LogP contribution is -2.13. The van der Waals surface area contributed by atoms with Gasteiger partial charge in [-0.25, -0.2) is 0 Å². The minimum atomic E-state index is -0.299. The van der Waals surface area contributed by atoms with Crippen molar-refractivity contribution >= 4 is 23.2 Å². The Morgan fingerprint density at radius 3 is 2.52 bits per heavy atom. The third kappa shape index (κ3) is 3.97. The van der Waals surface area contributed by atoms with Crippen molar-refractivity contribution in [1.82, 2.24) is 10.1 Å². The quantitative estimate of drug-likeness (QED) is 0.486. The number of hydrogen-bond donors (Lipinski definition) is 1. The number of nitrogens with one attached hydrogen (secondary N) is 1. The van der Waals surface area contributed by atoms with Crippen LogP contribution >= 0.6 is 11.6 Å². The highest BCUT2D eigenvalue weighted by molar-refractivity contribution is 6.30. The number of aromatic nitrogens is 2. The third-order valence-electron chi connectivity index (χ3n) is 4.29. The normalized spacial score (nSPS) is 10.6. The SMILES string of the molecule is COc1ccccc1C(=O)Nc1ccccc1-c1nc(-c2ccc(Cl)cc2)no1. The number of methoxy groups -OCH3 is 1. The lowest BCUT2D eigenvalue weighted by Gasteiger charge is -2.11. The van der Waals surface area contributed by atoms with Gasteiger partial charge in [0.1, 0.15) is 5.75 Å². The number of para-hydroxylation sites is 2. The van der Waals surface area contributed by atoms with Crippen LogP contribution in [0, 0.1) is 0 Å². The monoisotopic (exact) mass is 405 g/mol. The highest BCUT2D eigenvalue weighted by Gasteiger charge is 2.17. The Labute approximate surface area is 172 Å². The van der Waals surface area contributed by atoms with Crippen molar-refractivity contribution in [2.75, 3.05) is 12.4 Å². The molecule has 0 bridgehead atoms. The molecule has 4 rings (SSSR count). The molecule has 29 heavy (non-hydrogen) atoms. The van der Waals surface area contributed by atoms with E-state index in [2.05, 4.69) is 15.5 Å². The molecular weight excluding hydrogens is 390 g/mol. The number of halogens is 1. The van der Waals surface area contributed by atoms with E-state index >= 15 is 0 Å². The van der Waals surface area contributed by atoms with Crippen LogP contribution in [0.25, 0.3) is 22.8 Å². The van der Waals surface area contributed by atoms with E-state index in [1.54, 1.807) is 48.5 Å². The summed E-state index contributed by atoms with van der Waals surface area (Å²) in [6.45, 7) is 0. The van der Waals surface area contributed by atoms with E-state index in [0.717, 1.165) is 5.56 Å². The average molecular weight is 406 g/mol. The summed E-state index contributed by atoms with van der Waals surface area (Å²) in [6.07, 6.45) is 0. The number of benzene rings is 3. The summed E-state index contributed by atoms with van der Waals surface area (Å²) in [7, 11) is 1.52. The molecule has 0 aliphatic carbocycles. The molecule has 1 heterocycles. The number of carbonyl (C=O) groups is 1. The lowest BCUT2D eigenvalue weighted by molar-refractivity contribution is 0.102. The molecule has 1 amide bonds. The van der Waals surface area contributed by atoms with Crippen LogP contribution < -0.4 is 10.1 Å². The highest BCUT2D eigenvalue weighted by atomic mass is 35.5. The molecule has 0 aliphatic heterocycles. The van der Waals surface area contributed by atoms with Crippen molar-refractivity contribution in [3.05, 3.63) is 83.4 Å². The predicted octanol–water partition coefficient (Wildman–Crippen LogP) is 5.32. The number of rotatable bonds is 5. The second-order valence-electron chi connectivity index (χ2n) is 6.13. The molecule has 3 aromatic carbocycles. The Kier molecular flexibility index (Phi) is 5.27. The summed E-state index contributed by atoms with van der Waals surface area (Å²) >= 11 is 5.93.